The molecule has 0 radical (unpaired) electrons. The van der Waals surface area contributed by atoms with Gasteiger partial charge in [-0.3, -0.25) is 14.7 Å². The van der Waals surface area contributed by atoms with Crippen molar-refractivity contribution in [3.05, 3.63) is 80.1 Å². The van der Waals surface area contributed by atoms with Crippen LogP contribution in [0.2, 0.25) is 0 Å². The van der Waals surface area contributed by atoms with Gasteiger partial charge in [0, 0.05) is 17.5 Å². The van der Waals surface area contributed by atoms with Crippen LogP contribution in [0.3, 0.4) is 0 Å². The fourth-order valence-electron chi connectivity index (χ4n) is 2.89. The van der Waals surface area contributed by atoms with E-state index >= 15 is 0 Å². The molecule has 0 saturated carbocycles. The first-order valence-corrected chi connectivity index (χ1v) is 8.39. The number of hydrogen-bond acceptors (Lipinski definition) is 5. The second-order valence-corrected chi connectivity index (χ2v) is 6.21. The summed E-state index contributed by atoms with van der Waals surface area (Å²) in [4.78, 5) is 36.7. The van der Waals surface area contributed by atoms with Crippen molar-refractivity contribution in [2.75, 3.05) is 0 Å². The third-order valence-electron chi connectivity index (χ3n) is 4.04. The predicted octanol–water partition coefficient (Wildman–Crippen LogP) is 1.99. The molecule has 3 aromatic heterocycles. The smallest absolute Gasteiger partial charge is 0.287 e. The number of aromatic nitrogens is 5. The summed E-state index contributed by atoms with van der Waals surface area (Å²) < 4.78 is 6.83. The number of fused-ring (bicyclic) bond motifs is 1. The van der Waals surface area contributed by atoms with E-state index in [-0.39, 0.29) is 23.4 Å². The van der Waals surface area contributed by atoms with E-state index in [0.717, 1.165) is 11.4 Å². The lowest BCUT2D eigenvalue weighted by molar-refractivity contribution is 0.301. The number of nitrogens with zero attached hydrogens (tertiary/aromatic N) is 3. The zero-order valence-electron chi connectivity index (χ0n) is 14.8. The van der Waals surface area contributed by atoms with Crippen LogP contribution in [0.1, 0.15) is 17.1 Å². The normalized spacial score (nSPS) is 11.0. The molecule has 0 aliphatic heterocycles. The number of rotatable bonds is 4. The molecule has 0 bridgehead atoms. The second kappa shape index (κ2) is 6.56. The van der Waals surface area contributed by atoms with Gasteiger partial charge in [-0.1, -0.05) is 18.2 Å². The van der Waals surface area contributed by atoms with E-state index in [1.165, 1.54) is 10.7 Å². The summed E-state index contributed by atoms with van der Waals surface area (Å²) >= 11 is 0. The molecule has 0 fully saturated rings. The molecule has 2 N–H and O–H groups in total. The molecular formula is C19H17N5O3. The van der Waals surface area contributed by atoms with Crippen LogP contribution < -0.4 is 15.7 Å². The molecule has 8 heteroatoms. The minimum absolute atomic E-state index is 0.0289. The van der Waals surface area contributed by atoms with Crippen molar-refractivity contribution in [1.82, 2.24) is 24.7 Å². The zero-order valence-corrected chi connectivity index (χ0v) is 14.8. The van der Waals surface area contributed by atoms with Crippen LogP contribution in [0.5, 0.6) is 5.75 Å². The number of pyridine rings is 1. The van der Waals surface area contributed by atoms with Crippen LogP contribution in [-0.2, 0) is 6.61 Å². The molecule has 0 aliphatic rings. The third kappa shape index (κ3) is 3.24. The Kier molecular flexibility index (Phi) is 4.08. The monoisotopic (exact) mass is 363 g/mol. The van der Waals surface area contributed by atoms with Crippen LogP contribution in [0, 0.1) is 13.8 Å². The van der Waals surface area contributed by atoms with Crippen molar-refractivity contribution in [3.63, 3.8) is 0 Å². The van der Waals surface area contributed by atoms with Crippen molar-refractivity contribution in [2.45, 2.75) is 20.5 Å². The molecule has 4 aromatic rings. The highest BCUT2D eigenvalue weighted by atomic mass is 16.5. The van der Waals surface area contributed by atoms with E-state index in [1.54, 1.807) is 6.07 Å². The fraction of sp³-hybridized carbons (Fsp3) is 0.158. The number of aromatic amines is 2. The number of H-pyrrole nitrogens is 2. The Balaban J connectivity index is 1.75. The highest BCUT2D eigenvalue weighted by Crippen LogP contribution is 2.11. The maximum atomic E-state index is 12.7. The van der Waals surface area contributed by atoms with Crippen molar-refractivity contribution in [3.8, 4) is 11.7 Å². The average molecular weight is 363 g/mol. The summed E-state index contributed by atoms with van der Waals surface area (Å²) in [5.41, 5.74) is 1.43. The number of hydrogen-bond donors (Lipinski definition) is 2. The number of benzene rings is 1. The molecule has 136 valence electrons. The SMILES string of the molecule is Cc1cc(C)nc(-n2[nH]c3[nH]c(COc4ccccc4)cc(=O)c3c2=O)n1. The van der Waals surface area contributed by atoms with Crippen LogP contribution in [0.4, 0.5) is 0 Å². The van der Waals surface area contributed by atoms with Crippen molar-refractivity contribution in [2.24, 2.45) is 0 Å². The lowest BCUT2D eigenvalue weighted by Crippen LogP contribution is -2.20. The van der Waals surface area contributed by atoms with Crippen LogP contribution in [-0.4, -0.2) is 24.7 Å². The zero-order chi connectivity index (χ0) is 19.0. The molecule has 0 spiro atoms. The van der Waals surface area contributed by atoms with E-state index in [4.69, 9.17) is 4.74 Å². The lowest BCUT2D eigenvalue weighted by Gasteiger charge is -2.05. The Morgan fingerprint density at radius 2 is 1.74 bits per heavy atom. The molecule has 0 atom stereocenters. The van der Waals surface area contributed by atoms with Crippen molar-refractivity contribution < 1.29 is 4.74 Å². The molecule has 4 rings (SSSR count). The molecule has 0 saturated heterocycles. The molecule has 8 nitrogen and oxygen atoms in total. The van der Waals surface area contributed by atoms with E-state index in [1.807, 2.05) is 44.2 Å². The summed E-state index contributed by atoms with van der Waals surface area (Å²) in [6, 6.07) is 12.4. The average Bonchev–Trinajstić information content (AvgIpc) is 2.97. The summed E-state index contributed by atoms with van der Waals surface area (Å²) in [7, 11) is 0. The number of para-hydroxylation sites is 1. The van der Waals surface area contributed by atoms with E-state index in [9.17, 15) is 9.59 Å². The van der Waals surface area contributed by atoms with Crippen LogP contribution >= 0.6 is 0 Å². The topological polar surface area (TPSA) is 106 Å². The Morgan fingerprint density at radius 3 is 2.44 bits per heavy atom. The van der Waals surface area contributed by atoms with Gasteiger partial charge in [-0.25, -0.2) is 9.97 Å². The quantitative estimate of drug-likeness (QED) is 0.577. The van der Waals surface area contributed by atoms with Gasteiger partial charge >= 0.3 is 0 Å². The highest BCUT2D eigenvalue weighted by molar-refractivity contribution is 5.74. The van der Waals surface area contributed by atoms with Gasteiger partial charge in [-0.15, -0.1) is 0 Å². The standard InChI is InChI=1S/C19H17N5O3/c1-11-8-12(2)21-19(20-11)24-18(26)16-15(25)9-13(22-17(16)23-24)10-27-14-6-4-3-5-7-14/h3-9H,10H2,1-2H3,(H2,22,23,25). The second-order valence-electron chi connectivity index (χ2n) is 6.21. The summed E-state index contributed by atoms with van der Waals surface area (Å²) in [5.74, 6) is 0.886. The molecule has 3 heterocycles. The molecule has 27 heavy (non-hydrogen) atoms. The van der Waals surface area contributed by atoms with E-state index in [2.05, 4.69) is 20.1 Å². The molecule has 0 amide bonds. The first-order chi connectivity index (χ1) is 13.0. The maximum Gasteiger partial charge on any atom is 0.287 e. The third-order valence-corrected chi connectivity index (χ3v) is 4.04. The highest BCUT2D eigenvalue weighted by Gasteiger charge is 2.15. The van der Waals surface area contributed by atoms with E-state index in [0.29, 0.717) is 17.1 Å². The molecular weight excluding hydrogens is 346 g/mol. The first-order valence-electron chi connectivity index (χ1n) is 8.39. The number of ether oxygens (including phenoxy) is 1. The first kappa shape index (κ1) is 16.8. The Hall–Kier alpha value is -3.68. The number of aryl methyl sites for hydroxylation is 2. The molecule has 0 aliphatic carbocycles. The molecule has 0 unspecified atom stereocenters. The Bertz CT molecular complexity index is 1220. The van der Waals surface area contributed by atoms with Crippen molar-refractivity contribution in [1.29, 1.82) is 0 Å². The van der Waals surface area contributed by atoms with E-state index < -0.39 is 5.56 Å². The van der Waals surface area contributed by atoms with Gasteiger partial charge in [0.05, 0.1) is 5.69 Å². The summed E-state index contributed by atoms with van der Waals surface area (Å²) in [6.07, 6.45) is 0. The van der Waals surface area contributed by atoms with Gasteiger partial charge in [-0.05, 0) is 32.0 Å². The summed E-state index contributed by atoms with van der Waals surface area (Å²) in [5, 5.41) is 2.91. The molecule has 1 aromatic carbocycles. The predicted molar refractivity (Wildman–Crippen MR) is 100 cm³/mol. The number of nitrogens with one attached hydrogen (secondary N) is 2. The summed E-state index contributed by atoms with van der Waals surface area (Å²) in [6.45, 7) is 3.80. The Morgan fingerprint density at radius 1 is 1.04 bits per heavy atom. The van der Waals surface area contributed by atoms with Gasteiger partial charge in [0.1, 0.15) is 23.4 Å². The lowest BCUT2D eigenvalue weighted by atomic mass is 10.3. The fourth-order valence-corrected chi connectivity index (χ4v) is 2.89. The van der Waals surface area contributed by atoms with Gasteiger partial charge < -0.3 is 9.72 Å². The van der Waals surface area contributed by atoms with Gasteiger partial charge in [0.2, 0.25) is 0 Å². The van der Waals surface area contributed by atoms with Gasteiger partial charge in [0.15, 0.2) is 5.43 Å². The Labute approximate surface area is 153 Å². The van der Waals surface area contributed by atoms with Gasteiger partial charge in [-0.2, -0.15) is 4.68 Å². The minimum atomic E-state index is -0.494. The van der Waals surface area contributed by atoms with Crippen LogP contribution in [0.25, 0.3) is 17.0 Å². The van der Waals surface area contributed by atoms with Crippen LogP contribution in [0.15, 0.2) is 52.1 Å². The minimum Gasteiger partial charge on any atom is -0.487 e. The largest absolute Gasteiger partial charge is 0.487 e. The van der Waals surface area contributed by atoms with Crippen molar-refractivity contribution >= 4 is 11.0 Å². The van der Waals surface area contributed by atoms with Gasteiger partial charge in [0.25, 0.3) is 11.5 Å². The maximum absolute atomic E-state index is 12.7.